The Balaban J connectivity index is 0.00000103. The lowest BCUT2D eigenvalue weighted by Crippen LogP contribution is -2.74. The highest BCUT2D eigenvalue weighted by molar-refractivity contribution is 5.92. The molecule has 2 bridgehead atoms. The second-order valence-corrected chi connectivity index (χ2v) is 10.8. The van der Waals surface area contributed by atoms with Crippen molar-refractivity contribution in [2.24, 2.45) is 5.92 Å². The molecule has 2 aliphatic heterocycles. The molecule has 3 heterocycles. The van der Waals surface area contributed by atoms with Gasteiger partial charge < -0.3 is 20.7 Å². The first-order valence-electron chi connectivity index (χ1n) is 13.2. The van der Waals surface area contributed by atoms with Crippen LogP contribution >= 0.6 is 0 Å². The van der Waals surface area contributed by atoms with Gasteiger partial charge in [-0.3, -0.25) is 4.90 Å². The van der Waals surface area contributed by atoms with E-state index in [9.17, 15) is 10.2 Å². The van der Waals surface area contributed by atoms with Crippen molar-refractivity contribution in [2.45, 2.75) is 69.1 Å². The molecule has 5 aliphatic rings. The lowest BCUT2D eigenvalue weighted by Gasteiger charge is -2.63. The average molecular weight is 472 g/mol. The number of hydrogen-bond acceptors (Lipinski definition) is 6. The fraction of sp³-hybridized carbons (Fsp3) is 0.483. The number of nitrogens with two attached hydrogens (primary N) is 1. The molecule has 4 atom stereocenters. The molecular weight excluding hydrogens is 438 g/mol. The summed E-state index contributed by atoms with van der Waals surface area (Å²) in [5, 5.41) is 24.5. The summed E-state index contributed by atoms with van der Waals surface area (Å²) < 4.78 is 6.59. The summed E-state index contributed by atoms with van der Waals surface area (Å²) >= 11 is 0. The number of anilines is 1. The Labute approximate surface area is 205 Å². The van der Waals surface area contributed by atoms with Gasteiger partial charge in [0.05, 0.1) is 22.2 Å². The van der Waals surface area contributed by atoms with Crippen LogP contribution in [0.4, 0.5) is 5.69 Å². The van der Waals surface area contributed by atoms with Crippen molar-refractivity contribution in [3.63, 3.8) is 0 Å². The van der Waals surface area contributed by atoms with Crippen molar-refractivity contribution in [3.8, 4) is 11.5 Å². The maximum Gasteiger partial charge on any atom is 0.166 e. The van der Waals surface area contributed by atoms with Crippen molar-refractivity contribution in [1.82, 2.24) is 9.88 Å². The molecule has 0 radical (unpaired) electrons. The summed E-state index contributed by atoms with van der Waals surface area (Å²) in [6.07, 6.45) is 4.14. The first-order valence-corrected chi connectivity index (χ1v) is 13.2. The number of ether oxygens (including phenoxy) is 1. The van der Waals surface area contributed by atoms with Crippen LogP contribution in [0.3, 0.4) is 0 Å². The van der Waals surface area contributed by atoms with Crippen LogP contribution in [0.2, 0.25) is 0 Å². The van der Waals surface area contributed by atoms with E-state index in [0.717, 1.165) is 59.6 Å². The van der Waals surface area contributed by atoms with Crippen LogP contribution in [0.25, 0.3) is 10.9 Å². The van der Waals surface area contributed by atoms with Crippen LogP contribution in [0, 0.1) is 5.92 Å². The number of nitrogens with zero attached hydrogens (tertiary/aromatic N) is 2. The number of aromatic nitrogens is 1. The van der Waals surface area contributed by atoms with Crippen molar-refractivity contribution in [1.29, 1.82) is 0 Å². The van der Waals surface area contributed by atoms with E-state index >= 15 is 0 Å². The highest BCUT2D eigenvalue weighted by Crippen LogP contribution is 2.69. The molecule has 1 aromatic heterocycles. The summed E-state index contributed by atoms with van der Waals surface area (Å²) in [7, 11) is 0. The van der Waals surface area contributed by atoms with E-state index in [-0.39, 0.29) is 11.8 Å². The molecule has 1 saturated carbocycles. The summed E-state index contributed by atoms with van der Waals surface area (Å²) in [5.74, 6) is 1.43. The number of hydrogen-bond donors (Lipinski definition) is 3. The van der Waals surface area contributed by atoms with E-state index in [1.807, 2.05) is 44.2 Å². The van der Waals surface area contributed by atoms with Gasteiger partial charge in [0.25, 0.3) is 0 Å². The van der Waals surface area contributed by atoms with Crippen molar-refractivity contribution >= 4 is 16.6 Å². The number of phenols is 1. The number of aromatic hydroxyl groups is 1. The molecule has 0 amide bonds. The average Bonchev–Trinajstić information content (AvgIpc) is 3.61. The Morgan fingerprint density at radius 3 is 2.77 bits per heavy atom. The zero-order chi connectivity index (χ0) is 24.1. The minimum Gasteiger partial charge on any atom is -0.504 e. The molecule has 3 aliphatic carbocycles. The largest absolute Gasteiger partial charge is 0.504 e. The third kappa shape index (κ3) is 2.54. The van der Waals surface area contributed by atoms with Gasteiger partial charge >= 0.3 is 0 Å². The van der Waals surface area contributed by atoms with E-state index in [1.54, 1.807) is 6.07 Å². The number of likely N-dealkylation sites (tertiary alicyclic amines) is 1. The van der Waals surface area contributed by atoms with Crippen molar-refractivity contribution in [3.05, 3.63) is 58.8 Å². The number of aliphatic hydroxyl groups is 1. The Morgan fingerprint density at radius 1 is 1.17 bits per heavy atom. The predicted molar refractivity (Wildman–Crippen MR) is 136 cm³/mol. The number of para-hydroxylation sites is 1. The smallest absolute Gasteiger partial charge is 0.166 e. The van der Waals surface area contributed by atoms with E-state index in [0.29, 0.717) is 17.9 Å². The molecule has 35 heavy (non-hydrogen) atoms. The third-order valence-electron chi connectivity index (χ3n) is 9.28. The second kappa shape index (κ2) is 7.11. The molecule has 2 aromatic carbocycles. The zero-order valence-electron chi connectivity index (χ0n) is 20.4. The lowest BCUT2D eigenvalue weighted by molar-refractivity contribution is -0.173. The highest BCUT2D eigenvalue weighted by atomic mass is 16.5. The molecule has 3 aromatic rings. The first-order chi connectivity index (χ1) is 17.0. The topological polar surface area (TPSA) is 91.8 Å². The van der Waals surface area contributed by atoms with Gasteiger partial charge in [-0.25, -0.2) is 4.98 Å². The van der Waals surface area contributed by atoms with Gasteiger partial charge in [-0.2, -0.15) is 0 Å². The Morgan fingerprint density at radius 2 is 1.97 bits per heavy atom. The fourth-order valence-electron chi connectivity index (χ4n) is 7.62. The van der Waals surface area contributed by atoms with Gasteiger partial charge in [-0.05, 0) is 55.8 Å². The zero-order valence-corrected chi connectivity index (χ0v) is 20.4. The van der Waals surface area contributed by atoms with Gasteiger partial charge in [0, 0.05) is 41.2 Å². The van der Waals surface area contributed by atoms with Crippen molar-refractivity contribution < 1.29 is 14.9 Å². The van der Waals surface area contributed by atoms with E-state index < -0.39 is 17.1 Å². The predicted octanol–water partition coefficient (Wildman–Crippen LogP) is 4.25. The number of piperidine rings is 1. The molecule has 6 nitrogen and oxygen atoms in total. The molecule has 1 saturated heterocycles. The van der Waals surface area contributed by atoms with Crippen LogP contribution in [0.1, 0.15) is 61.6 Å². The van der Waals surface area contributed by atoms with E-state index in [4.69, 9.17) is 15.5 Å². The van der Waals surface area contributed by atoms with Gasteiger partial charge in [-0.1, -0.05) is 38.1 Å². The van der Waals surface area contributed by atoms with Gasteiger partial charge in [-0.15, -0.1) is 0 Å². The standard InChI is InChI=1S/C27H27N3O3.C2H6/c28-22-16-3-1-2-4-18(16)29-23-17(22)12-27(32)20-11-15-7-8-19(31)24-21(15)26(27,25(23)33-24)9-10-30(20)13-14-5-6-14;1-2/h1-4,7-8,14,20,25,31-32H,5-6,9-13H2,(H2,28,29);1-2H3/t20-,25+,26+,27-;/m1./s1. The minimum absolute atomic E-state index is 0.0000341. The second-order valence-electron chi connectivity index (χ2n) is 10.8. The van der Waals surface area contributed by atoms with Crippen molar-refractivity contribution in [2.75, 3.05) is 18.8 Å². The number of benzene rings is 2. The number of fused-ring (bicyclic) bond motifs is 3. The molecule has 6 heteroatoms. The lowest BCUT2D eigenvalue weighted by atomic mass is 9.48. The van der Waals surface area contributed by atoms with E-state index in [2.05, 4.69) is 4.90 Å². The molecular formula is C29H33N3O3. The minimum atomic E-state index is -1.03. The van der Waals surface area contributed by atoms with Gasteiger partial charge in [0.1, 0.15) is 0 Å². The molecule has 2 fully saturated rings. The quantitative estimate of drug-likeness (QED) is 0.518. The Bertz CT molecular complexity index is 1370. The summed E-state index contributed by atoms with van der Waals surface area (Å²) in [6, 6.07) is 11.7. The maximum atomic E-state index is 12.8. The summed E-state index contributed by atoms with van der Waals surface area (Å²) in [5.41, 5.74) is 10.6. The van der Waals surface area contributed by atoms with Crippen LogP contribution < -0.4 is 10.5 Å². The van der Waals surface area contributed by atoms with E-state index in [1.165, 1.54) is 18.4 Å². The van der Waals surface area contributed by atoms with Crippen LogP contribution in [0.15, 0.2) is 36.4 Å². The number of phenolic OH excluding ortho intramolecular Hbond substituents is 1. The molecule has 4 N–H and O–H groups in total. The number of pyridine rings is 1. The summed E-state index contributed by atoms with van der Waals surface area (Å²) in [4.78, 5) is 7.59. The number of nitrogen functional groups attached to an aromatic ring is 1. The molecule has 0 unspecified atom stereocenters. The SMILES string of the molecule is CC.Nc1c2c(nc3ccccc13)[C@@H]1Oc3c(O)ccc4c3[C@@]13CCN(CC1CC1)[C@H](C4)[C@]3(O)C2. The van der Waals surface area contributed by atoms with Crippen LogP contribution in [-0.2, 0) is 18.3 Å². The third-order valence-corrected chi connectivity index (χ3v) is 9.28. The fourth-order valence-corrected chi connectivity index (χ4v) is 7.62. The maximum absolute atomic E-state index is 12.8. The first kappa shape index (κ1) is 21.5. The van der Waals surface area contributed by atoms with Crippen LogP contribution in [0.5, 0.6) is 11.5 Å². The Hall–Kier alpha value is -2.83. The molecule has 182 valence electrons. The normalized spacial score (nSPS) is 31.7. The molecule has 8 rings (SSSR count). The van der Waals surface area contributed by atoms with Crippen LogP contribution in [-0.4, -0.2) is 44.8 Å². The summed E-state index contributed by atoms with van der Waals surface area (Å²) in [6.45, 7) is 5.98. The van der Waals surface area contributed by atoms with Gasteiger partial charge in [0.2, 0.25) is 0 Å². The monoisotopic (exact) mass is 471 g/mol. The number of rotatable bonds is 2. The molecule has 1 spiro atoms. The highest BCUT2D eigenvalue weighted by Gasteiger charge is 2.73. The Kier molecular flexibility index (Phi) is 4.36. The van der Waals surface area contributed by atoms with Gasteiger partial charge in [0.15, 0.2) is 17.6 Å².